The molecule has 0 bridgehead atoms. The monoisotopic (exact) mass is 418 g/mol. The van der Waals surface area contributed by atoms with Crippen LogP contribution in [-0.4, -0.2) is 28.7 Å². The van der Waals surface area contributed by atoms with Crippen LogP contribution in [0, 0.1) is 11.3 Å². The average Bonchev–Trinajstić information content (AvgIpc) is 3.40. The van der Waals surface area contributed by atoms with Crippen molar-refractivity contribution in [2.75, 3.05) is 13.4 Å². The fourth-order valence-electron chi connectivity index (χ4n) is 3.83. The van der Waals surface area contributed by atoms with Crippen LogP contribution < -0.4 is 24.7 Å². The molecule has 5 rings (SSSR count). The first-order chi connectivity index (χ1) is 15.1. The molecule has 1 atom stereocenters. The van der Waals surface area contributed by atoms with Gasteiger partial charge in [0.1, 0.15) is 11.6 Å². The molecule has 0 fully saturated rings. The highest BCUT2D eigenvalue weighted by Gasteiger charge is 2.36. The Morgan fingerprint density at radius 2 is 2.10 bits per heavy atom. The van der Waals surface area contributed by atoms with Crippen LogP contribution in [0.4, 0.5) is 0 Å². The molecule has 2 aliphatic rings. The van der Waals surface area contributed by atoms with E-state index in [1.54, 1.807) is 12.1 Å². The summed E-state index contributed by atoms with van der Waals surface area (Å²) >= 11 is 0. The Morgan fingerprint density at radius 3 is 2.90 bits per heavy atom. The lowest BCUT2D eigenvalue weighted by atomic mass is 9.83. The van der Waals surface area contributed by atoms with Gasteiger partial charge in [-0.05, 0) is 42.8 Å². The summed E-state index contributed by atoms with van der Waals surface area (Å²) in [4.78, 5) is 0. The number of nitriles is 1. The maximum Gasteiger partial charge on any atom is 0.244 e. The molecule has 0 spiro atoms. The Hall–Kier alpha value is -4.32. The Labute approximate surface area is 177 Å². The van der Waals surface area contributed by atoms with Crippen molar-refractivity contribution in [3.8, 4) is 46.2 Å². The van der Waals surface area contributed by atoms with Crippen molar-refractivity contribution in [2.45, 2.75) is 12.8 Å². The number of rotatable bonds is 4. The van der Waals surface area contributed by atoms with E-state index in [4.69, 9.17) is 24.7 Å². The molecule has 0 saturated carbocycles. The van der Waals surface area contributed by atoms with Crippen LogP contribution in [0.15, 0.2) is 47.9 Å². The number of aromatic nitrogens is 2. The van der Waals surface area contributed by atoms with Gasteiger partial charge in [-0.3, -0.25) is 5.10 Å². The number of phenolic OH excluding ortho intramolecular Hbond substituents is 1. The summed E-state index contributed by atoms with van der Waals surface area (Å²) in [5.74, 6) is 1.29. The van der Waals surface area contributed by atoms with E-state index in [-0.39, 0.29) is 29.9 Å². The third-order valence-electron chi connectivity index (χ3n) is 5.22. The molecule has 3 aromatic rings. The number of hydrogen-bond acceptors (Lipinski definition) is 8. The summed E-state index contributed by atoms with van der Waals surface area (Å²) in [7, 11) is 0. The van der Waals surface area contributed by atoms with Gasteiger partial charge in [0.05, 0.1) is 23.8 Å². The summed E-state index contributed by atoms with van der Waals surface area (Å²) in [6, 6.07) is 12.6. The van der Waals surface area contributed by atoms with Crippen LogP contribution in [0.3, 0.4) is 0 Å². The van der Waals surface area contributed by atoms with Crippen molar-refractivity contribution < 1.29 is 24.1 Å². The molecule has 1 aromatic heterocycles. The highest BCUT2D eigenvalue weighted by Crippen LogP contribution is 2.48. The number of allylic oxidation sites excluding steroid dienone is 1. The minimum atomic E-state index is -0.576. The number of aromatic hydroxyl groups is 1. The Balaban J connectivity index is 1.69. The molecule has 31 heavy (non-hydrogen) atoms. The second-order valence-electron chi connectivity index (χ2n) is 6.97. The fourth-order valence-corrected chi connectivity index (χ4v) is 3.83. The van der Waals surface area contributed by atoms with Gasteiger partial charge in [-0.15, -0.1) is 5.10 Å². The van der Waals surface area contributed by atoms with Crippen molar-refractivity contribution in [1.82, 2.24) is 10.2 Å². The third-order valence-corrected chi connectivity index (χ3v) is 5.22. The lowest BCUT2D eigenvalue weighted by Crippen LogP contribution is -2.21. The molecule has 4 N–H and O–H groups in total. The third kappa shape index (κ3) is 2.97. The van der Waals surface area contributed by atoms with Crippen molar-refractivity contribution in [1.29, 1.82) is 5.26 Å². The number of fused-ring (bicyclic) bond motifs is 2. The summed E-state index contributed by atoms with van der Waals surface area (Å²) in [6.07, 6.45) is 0. The number of hydrogen-bond donors (Lipinski definition) is 3. The maximum absolute atomic E-state index is 10.1. The lowest BCUT2D eigenvalue weighted by Gasteiger charge is -2.24. The number of nitrogens with zero attached hydrogens (tertiary/aromatic N) is 2. The van der Waals surface area contributed by atoms with Gasteiger partial charge < -0.3 is 29.8 Å². The molecule has 9 nitrogen and oxygen atoms in total. The van der Waals surface area contributed by atoms with Crippen LogP contribution in [0.5, 0.6) is 28.9 Å². The molecule has 156 valence electrons. The van der Waals surface area contributed by atoms with Gasteiger partial charge in [0.25, 0.3) is 0 Å². The number of nitrogens with two attached hydrogens (primary N) is 1. The molecule has 0 saturated heterocycles. The van der Waals surface area contributed by atoms with E-state index >= 15 is 0 Å². The number of ether oxygens (including phenoxy) is 4. The average molecular weight is 418 g/mol. The first kappa shape index (κ1) is 18.7. The minimum Gasteiger partial charge on any atom is -0.504 e. The molecule has 0 unspecified atom stereocenters. The second kappa shape index (κ2) is 7.18. The maximum atomic E-state index is 10.1. The zero-order valence-electron chi connectivity index (χ0n) is 16.5. The number of H-pyrrole nitrogens is 1. The fraction of sp³-hybridized carbons (Fsp3) is 0.182. The van der Waals surface area contributed by atoms with Gasteiger partial charge in [-0.1, -0.05) is 6.07 Å². The van der Waals surface area contributed by atoms with Gasteiger partial charge in [0.15, 0.2) is 23.0 Å². The number of phenols is 1. The molecule has 3 heterocycles. The molecule has 0 aliphatic carbocycles. The van der Waals surface area contributed by atoms with Crippen LogP contribution in [0.2, 0.25) is 0 Å². The van der Waals surface area contributed by atoms with Gasteiger partial charge in [0, 0.05) is 5.56 Å². The van der Waals surface area contributed by atoms with E-state index in [1.807, 2.05) is 25.1 Å². The smallest absolute Gasteiger partial charge is 0.244 e. The summed E-state index contributed by atoms with van der Waals surface area (Å²) in [6.45, 7) is 2.37. The number of benzene rings is 2. The van der Waals surface area contributed by atoms with Crippen molar-refractivity contribution >= 4 is 0 Å². The minimum absolute atomic E-state index is 0.0107. The summed E-state index contributed by atoms with van der Waals surface area (Å²) in [5.41, 5.74) is 9.08. The molecule has 2 aromatic carbocycles. The van der Waals surface area contributed by atoms with E-state index in [0.29, 0.717) is 40.7 Å². The van der Waals surface area contributed by atoms with Crippen molar-refractivity contribution in [2.24, 2.45) is 5.73 Å². The summed E-state index contributed by atoms with van der Waals surface area (Å²) in [5, 5.41) is 27.2. The first-order valence-corrected chi connectivity index (χ1v) is 9.62. The second-order valence-corrected chi connectivity index (χ2v) is 6.97. The molecule has 9 heteroatoms. The quantitative estimate of drug-likeness (QED) is 0.588. The SMILES string of the molecule is CCOc1cc([C@@H]2C(C#N)=C(N)Oc3n[nH]c(-c4ccc5c(c4)OCO5)c32)ccc1O. The predicted molar refractivity (Wildman–Crippen MR) is 109 cm³/mol. The van der Waals surface area contributed by atoms with Crippen LogP contribution >= 0.6 is 0 Å². The van der Waals surface area contributed by atoms with Gasteiger partial charge in [0.2, 0.25) is 18.6 Å². The largest absolute Gasteiger partial charge is 0.504 e. The zero-order valence-corrected chi connectivity index (χ0v) is 16.5. The van der Waals surface area contributed by atoms with Crippen molar-refractivity contribution in [3.05, 3.63) is 59.0 Å². The van der Waals surface area contributed by atoms with E-state index < -0.39 is 5.92 Å². The number of aromatic amines is 1. The van der Waals surface area contributed by atoms with E-state index in [0.717, 1.165) is 5.56 Å². The molecule has 0 radical (unpaired) electrons. The first-order valence-electron chi connectivity index (χ1n) is 9.62. The normalized spacial score (nSPS) is 16.5. The Kier molecular flexibility index (Phi) is 4.33. The highest BCUT2D eigenvalue weighted by molar-refractivity contribution is 5.73. The Morgan fingerprint density at radius 1 is 1.26 bits per heavy atom. The molecule has 2 aliphatic heterocycles. The van der Waals surface area contributed by atoms with Crippen LogP contribution in [0.25, 0.3) is 11.3 Å². The summed E-state index contributed by atoms with van der Waals surface area (Å²) < 4.78 is 22.1. The van der Waals surface area contributed by atoms with E-state index in [1.165, 1.54) is 6.07 Å². The van der Waals surface area contributed by atoms with E-state index in [9.17, 15) is 10.4 Å². The number of nitrogens with one attached hydrogen (secondary N) is 1. The standard InChI is InChI=1S/C22H18N4O5/c1-2-28-16-7-11(3-5-14(16)27)18-13(9-23)21(24)31-22-19(18)20(25-26-22)12-4-6-15-17(8-12)30-10-29-15/h3-8,18,27H,2,10,24H2,1H3,(H,25,26)/t18-/m1/s1. The van der Waals surface area contributed by atoms with Gasteiger partial charge in [-0.25, -0.2) is 0 Å². The Bertz CT molecular complexity index is 1260. The molecular weight excluding hydrogens is 400 g/mol. The molecular formula is C22H18N4O5. The predicted octanol–water partition coefficient (Wildman–Crippen LogP) is 3.13. The van der Waals surface area contributed by atoms with E-state index in [2.05, 4.69) is 16.3 Å². The molecule has 0 amide bonds. The van der Waals surface area contributed by atoms with Gasteiger partial charge >= 0.3 is 0 Å². The van der Waals surface area contributed by atoms with Crippen LogP contribution in [-0.2, 0) is 0 Å². The lowest BCUT2D eigenvalue weighted by molar-refractivity contribution is 0.174. The van der Waals surface area contributed by atoms with Gasteiger partial charge in [-0.2, -0.15) is 5.26 Å². The highest BCUT2D eigenvalue weighted by atomic mass is 16.7. The zero-order chi connectivity index (χ0) is 21.5. The topological polar surface area (TPSA) is 136 Å². The van der Waals surface area contributed by atoms with Crippen LogP contribution in [0.1, 0.15) is 24.0 Å². The van der Waals surface area contributed by atoms with Crippen molar-refractivity contribution in [3.63, 3.8) is 0 Å².